The number of carbonyl (C=O) groups excluding carboxylic acids is 1. The monoisotopic (exact) mass is 401 g/mol. The lowest BCUT2D eigenvalue weighted by Crippen LogP contribution is -2.56. The van der Waals surface area contributed by atoms with Crippen LogP contribution in [0, 0.1) is 0 Å². The van der Waals surface area contributed by atoms with E-state index in [1.165, 1.54) is 12.1 Å². The summed E-state index contributed by atoms with van der Waals surface area (Å²) in [7, 11) is 0. The molecule has 3 aliphatic rings. The van der Waals surface area contributed by atoms with Gasteiger partial charge >= 0.3 is 6.18 Å². The number of likely N-dealkylation sites (tertiary alicyclic amines) is 1. The highest BCUT2D eigenvalue weighted by Gasteiger charge is 2.51. The first-order chi connectivity index (χ1) is 13.3. The predicted octanol–water partition coefficient (Wildman–Crippen LogP) is 4.21. The van der Waals surface area contributed by atoms with Crippen molar-refractivity contribution >= 4 is 5.91 Å². The molecule has 0 bridgehead atoms. The maximum atomic E-state index is 12.7. The summed E-state index contributed by atoms with van der Waals surface area (Å²) in [6.45, 7) is 0.638. The van der Waals surface area contributed by atoms with Gasteiger partial charge in [-0.3, -0.25) is 4.79 Å². The molecule has 0 atom stereocenters. The molecular weight excluding hydrogens is 379 g/mol. The lowest BCUT2D eigenvalue weighted by atomic mass is 9.94. The maximum Gasteiger partial charge on any atom is 0.416 e. The van der Waals surface area contributed by atoms with Crippen LogP contribution in [0.1, 0.15) is 60.9 Å². The van der Waals surface area contributed by atoms with Crippen molar-refractivity contribution in [1.82, 2.24) is 4.90 Å². The number of carbonyl (C=O) groups is 1. The highest BCUT2D eigenvalue weighted by molar-refractivity contribution is 5.94. The first-order valence-electron chi connectivity index (χ1n) is 9.51. The molecule has 1 aromatic rings. The van der Waals surface area contributed by atoms with Gasteiger partial charge in [-0.2, -0.15) is 32.7 Å². The summed E-state index contributed by atoms with van der Waals surface area (Å²) in [6.07, 6.45) is 0.767. The Labute approximate surface area is 160 Å². The summed E-state index contributed by atoms with van der Waals surface area (Å²) in [5.41, 5.74) is -0.570. The second-order valence-corrected chi connectivity index (χ2v) is 7.58. The average Bonchev–Trinajstić information content (AvgIpc) is 2.71. The second-order valence-electron chi connectivity index (χ2n) is 7.58. The summed E-state index contributed by atoms with van der Waals surface area (Å²) in [6, 6.07) is 4.22. The van der Waals surface area contributed by atoms with Gasteiger partial charge in [0.2, 0.25) is 11.6 Å². The number of benzene rings is 1. The molecule has 9 heteroatoms. The molecule has 2 saturated heterocycles. The van der Waals surface area contributed by atoms with E-state index in [9.17, 15) is 18.0 Å². The van der Waals surface area contributed by atoms with E-state index in [4.69, 9.17) is 19.6 Å². The number of hydrogen-bond acceptors (Lipinski definition) is 5. The van der Waals surface area contributed by atoms with Gasteiger partial charge in [0.1, 0.15) is 0 Å². The summed E-state index contributed by atoms with van der Waals surface area (Å²) in [5.74, 6) is -2.22. The molecule has 1 saturated carbocycles. The van der Waals surface area contributed by atoms with Gasteiger partial charge in [-0.25, -0.2) is 0 Å². The Morgan fingerprint density at radius 1 is 0.821 bits per heavy atom. The van der Waals surface area contributed by atoms with E-state index < -0.39 is 23.3 Å². The quantitative estimate of drug-likeness (QED) is 0.660. The van der Waals surface area contributed by atoms with Gasteiger partial charge in [0.25, 0.3) is 5.91 Å². The zero-order chi connectivity index (χ0) is 19.8. The Bertz CT molecular complexity index is 695. The van der Waals surface area contributed by atoms with E-state index in [0.29, 0.717) is 38.8 Å². The fourth-order valence-corrected chi connectivity index (χ4v) is 3.79. The fourth-order valence-electron chi connectivity index (χ4n) is 3.79. The molecule has 154 valence electrons. The van der Waals surface area contributed by atoms with Crippen LogP contribution < -0.4 is 0 Å². The van der Waals surface area contributed by atoms with E-state index in [-0.39, 0.29) is 11.5 Å². The molecule has 6 nitrogen and oxygen atoms in total. The summed E-state index contributed by atoms with van der Waals surface area (Å²) < 4.78 is 38.0. The summed E-state index contributed by atoms with van der Waals surface area (Å²) >= 11 is 0. The maximum absolute atomic E-state index is 12.7. The molecule has 1 amide bonds. The van der Waals surface area contributed by atoms with Gasteiger partial charge < -0.3 is 4.90 Å². The van der Waals surface area contributed by atoms with Crippen molar-refractivity contribution in [3.8, 4) is 0 Å². The van der Waals surface area contributed by atoms with E-state index in [1.54, 1.807) is 4.90 Å². The third kappa shape index (κ3) is 3.89. The molecule has 1 aromatic carbocycles. The number of rotatable bonds is 1. The van der Waals surface area contributed by atoms with Crippen molar-refractivity contribution in [3.63, 3.8) is 0 Å². The van der Waals surface area contributed by atoms with Crippen molar-refractivity contribution < 1.29 is 37.5 Å². The smallest absolute Gasteiger partial charge is 0.338 e. The average molecular weight is 401 g/mol. The Morgan fingerprint density at radius 3 is 1.82 bits per heavy atom. The predicted molar refractivity (Wildman–Crippen MR) is 89.5 cm³/mol. The molecule has 3 fully saturated rings. The molecule has 28 heavy (non-hydrogen) atoms. The van der Waals surface area contributed by atoms with Crippen LogP contribution in [0.2, 0.25) is 0 Å². The zero-order valence-electron chi connectivity index (χ0n) is 15.3. The van der Waals surface area contributed by atoms with Gasteiger partial charge in [0, 0.05) is 44.3 Å². The number of hydrogen-bond donors (Lipinski definition) is 0. The molecule has 2 heterocycles. The number of piperidine rings is 1. The van der Waals surface area contributed by atoms with Crippen LogP contribution in [-0.4, -0.2) is 35.5 Å². The van der Waals surface area contributed by atoms with Crippen LogP contribution in [0.25, 0.3) is 0 Å². The van der Waals surface area contributed by atoms with Crippen LogP contribution in [0.5, 0.6) is 0 Å². The van der Waals surface area contributed by atoms with Crippen LogP contribution in [0.4, 0.5) is 13.2 Å². The van der Waals surface area contributed by atoms with Crippen molar-refractivity contribution in [2.24, 2.45) is 0 Å². The fraction of sp³-hybridized carbons (Fsp3) is 0.632. The van der Waals surface area contributed by atoms with Crippen LogP contribution in [-0.2, 0) is 25.7 Å². The standard InChI is InChI=1S/C19H22F3NO5/c20-19(21,22)15-6-4-14(5-7-15)16(24)23-12-10-18(11-13-23)27-25-17(26-28-18)8-2-1-3-9-17/h4-7H,1-3,8-13H2. The Balaban J connectivity index is 1.33. The largest absolute Gasteiger partial charge is 0.416 e. The molecule has 1 aliphatic carbocycles. The molecular formula is C19H22F3NO5. The molecule has 0 N–H and O–H groups in total. The topological polar surface area (TPSA) is 57.2 Å². The van der Waals surface area contributed by atoms with E-state index >= 15 is 0 Å². The number of halogens is 3. The first kappa shape index (κ1) is 19.6. The Hall–Kier alpha value is -1.68. The second kappa shape index (κ2) is 7.29. The lowest BCUT2D eigenvalue weighted by Gasteiger charge is -2.47. The minimum Gasteiger partial charge on any atom is -0.338 e. The first-order valence-corrected chi connectivity index (χ1v) is 9.51. The SMILES string of the molecule is O=C(c1ccc(C(F)(F)F)cc1)N1CCC2(CC1)OOC1(CCCCC1)OO2. The summed E-state index contributed by atoms with van der Waals surface area (Å²) in [5, 5.41) is 0. The number of nitrogens with zero attached hydrogens (tertiary/aromatic N) is 1. The van der Waals surface area contributed by atoms with Gasteiger partial charge in [0.05, 0.1) is 5.56 Å². The van der Waals surface area contributed by atoms with Crippen molar-refractivity contribution in [2.75, 3.05) is 13.1 Å². The summed E-state index contributed by atoms with van der Waals surface area (Å²) in [4.78, 5) is 36.4. The lowest BCUT2D eigenvalue weighted by molar-refractivity contribution is -0.662. The zero-order valence-corrected chi connectivity index (χ0v) is 15.3. The normalized spacial score (nSPS) is 24.5. The molecule has 4 rings (SSSR count). The highest BCUT2D eigenvalue weighted by Crippen LogP contribution is 2.42. The molecule has 2 spiro atoms. The van der Waals surface area contributed by atoms with E-state index in [1.807, 2.05) is 0 Å². The number of alkyl halides is 3. The molecule has 0 unspecified atom stereocenters. The molecule has 0 aromatic heterocycles. The Kier molecular flexibility index (Phi) is 5.11. The minimum atomic E-state index is -4.43. The van der Waals surface area contributed by atoms with Crippen LogP contribution in [0.15, 0.2) is 24.3 Å². The van der Waals surface area contributed by atoms with Gasteiger partial charge in [-0.1, -0.05) is 6.42 Å². The minimum absolute atomic E-state index is 0.211. The third-order valence-corrected chi connectivity index (χ3v) is 5.58. The van der Waals surface area contributed by atoms with Crippen molar-refractivity contribution in [2.45, 2.75) is 62.7 Å². The van der Waals surface area contributed by atoms with Crippen molar-refractivity contribution in [3.05, 3.63) is 35.4 Å². The molecule has 2 aliphatic heterocycles. The van der Waals surface area contributed by atoms with Gasteiger partial charge in [-0.05, 0) is 37.1 Å². The highest BCUT2D eigenvalue weighted by atomic mass is 19.4. The third-order valence-electron chi connectivity index (χ3n) is 5.58. The van der Waals surface area contributed by atoms with Gasteiger partial charge in [0.15, 0.2) is 0 Å². The molecule has 0 radical (unpaired) electrons. The van der Waals surface area contributed by atoms with E-state index in [0.717, 1.165) is 31.4 Å². The number of amides is 1. The van der Waals surface area contributed by atoms with E-state index in [2.05, 4.69) is 0 Å². The van der Waals surface area contributed by atoms with Crippen LogP contribution >= 0.6 is 0 Å². The van der Waals surface area contributed by atoms with Gasteiger partial charge in [-0.15, -0.1) is 0 Å². The van der Waals surface area contributed by atoms with Crippen molar-refractivity contribution in [1.29, 1.82) is 0 Å². The van der Waals surface area contributed by atoms with Crippen LogP contribution in [0.3, 0.4) is 0 Å². The Morgan fingerprint density at radius 2 is 1.32 bits per heavy atom.